The minimum Gasteiger partial charge on any atom is -0.362 e. The van der Waals surface area contributed by atoms with Crippen LogP contribution in [0.5, 0.6) is 0 Å². The molecular formula is C14H20N2S. The molecule has 3 heteroatoms. The molecular weight excluding hydrogens is 228 g/mol. The molecule has 1 N–H and O–H groups in total. The van der Waals surface area contributed by atoms with Gasteiger partial charge in [-0.15, -0.1) is 0 Å². The number of aliphatic imine (C=N–C) groups is 1. The zero-order chi connectivity index (χ0) is 12.3. The van der Waals surface area contributed by atoms with Gasteiger partial charge in [-0.3, -0.25) is 4.99 Å². The van der Waals surface area contributed by atoms with Crippen LogP contribution in [0.3, 0.4) is 0 Å². The lowest BCUT2D eigenvalue weighted by atomic mass is 10.1. The summed E-state index contributed by atoms with van der Waals surface area (Å²) in [6, 6.07) is 11.1. The van der Waals surface area contributed by atoms with Gasteiger partial charge in [0, 0.05) is 6.04 Å². The molecule has 0 saturated heterocycles. The summed E-state index contributed by atoms with van der Waals surface area (Å²) in [6.07, 6.45) is 0. The average molecular weight is 248 g/mol. The molecule has 2 atom stereocenters. The van der Waals surface area contributed by atoms with E-state index in [4.69, 9.17) is 0 Å². The van der Waals surface area contributed by atoms with E-state index in [2.05, 4.69) is 61.4 Å². The molecule has 0 spiro atoms. The highest BCUT2D eigenvalue weighted by Crippen LogP contribution is 2.34. The van der Waals surface area contributed by atoms with Crippen molar-refractivity contribution >= 4 is 16.9 Å². The molecule has 1 heterocycles. The second-order valence-electron chi connectivity index (χ2n) is 4.84. The number of thioether (sulfide) groups is 1. The highest BCUT2D eigenvalue weighted by molar-refractivity contribution is 8.14. The molecule has 0 bridgehead atoms. The molecule has 1 aliphatic heterocycles. The monoisotopic (exact) mass is 248 g/mol. The molecule has 0 fully saturated rings. The number of nitrogens with one attached hydrogen (secondary N) is 1. The lowest BCUT2D eigenvalue weighted by Gasteiger charge is -2.18. The Morgan fingerprint density at radius 3 is 2.59 bits per heavy atom. The first-order valence-corrected chi connectivity index (χ1v) is 7.07. The van der Waals surface area contributed by atoms with Crippen molar-refractivity contribution in [1.29, 1.82) is 0 Å². The summed E-state index contributed by atoms with van der Waals surface area (Å²) in [7, 11) is 0. The Labute approximate surface area is 108 Å². The summed E-state index contributed by atoms with van der Waals surface area (Å²) in [4.78, 5) is 4.58. The summed E-state index contributed by atoms with van der Waals surface area (Å²) in [5.74, 6) is 0.633. The van der Waals surface area contributed by atoms with Crippen LogP contribution in [-0.4, -0.2) is 17.8 Å². The van der Waals surface area contributed by atoms with Crippen LogP contribution >= 0.6 is 11.8 Å². The van der Waals surface area contributed by atoms with E-state index in [0.717, 1.165) is 11.7 Å². The fourth-order valence-electron chi connectivity index (χ4n) is 1.66. The van der Waals surface area contributed by atoms with E-state index in [1.807, 2.05) is 11.8 Å². The molecule has 0 radical (unpaired) electrons. The standard InChI is InChI=1S/C14H20N2S/c1-10(2)11(3)16-14-15-9-13(17-14)12-7-5-4-6-8-12/h4-8,10-11,13H,9H2,1-3H3,(H,15,16). The number of rotatable bonds is 3. The van der Waals surface area contributed by atoms with Crippen LogP contribution in [0.1, 0.15) is 31.6 Å². The van der Waals surface area contributed by atoms with E-state index in [1.165, 1.54) is 5.56 Å². The number of hydrogen-bond donors (Lipinski definition) is 1. The summed E-state index contributed by atoms with van der Waals surface area (Å²) in [5.41, 5.74) is 1.37. The van der Waals surface area contributed by atoms with Crippen LogP contribution in [0.15, 0.2) is 35.3 Å². The summed E-state index contributed by atoms with van der Waals surface area (Å²) in [6.45, 7) is 7.56. The average Bonchev–Trinajstić information content (AvgIpc) is 2.78. The van der Waals surface area contributed by atoms with Gasteiger partial charge >= 0.3 is 0 Å². The van der Waals surface area contributed by atoms with Crippen LogP contribution in [0.4, 0.5) is 0 Å². The van der Waals surface area contributed by atoms with Crippen molar-refractivity contribution in [2.45, 2.75) is 32.1 Å². The third-order valence-electron chi connectivity index (χ3n) is 3.18. The van der Waals surface area contributed by atoms with Gasteiger partial charge in [0.15, 0.2) is 5.17 Å². The van der Waals surface area contributed by atoms with Gasteiger partial charge < -0.3 is 5.32 Å². The minimum atomic E-state index is 0.482. The fourth-order valence-corrected chi connectivity index (χ4v) is 2.77. The smallest absolute Gasteiger partial charge is 0.157 e. The Kier molecular flexibility index (Phi) is 4.11. The van der Waals surface area contributed by atoms with E-state index < -0.39 is 0 Å². The molecule has 1 aromatic rings. The lowest BCUT2D eigenvalue weighted by molar-refractivity contribution is 0.489. The first kappa shape index (κ1) is 12.5. The van der Waals surface area contributed by atoms with Crippen molar-refractivity contribution in [3.63, 3.8) is 0 Å². The van der Waals surface area contributed by atoms with Gasteiger partial charge in [-0.05, 0) is 18.4 Å². The predicted molar refractivity (Wildman–Crippen MR) is 76.5 cm³/mol. The number of benzene rings is 1. The van der Waals surface area contributed by atoms with Gasteiger partial charge in [0.25, 0.3) is 0 Å². The quantitative estimate of drug-likeness (QED) is 0.886. The van der Waals surface area contributed by atoms with E-state index in [0.29, 0.717) is 17.2 Å². The van der Waals surface area contributed by atoms with Crippen molar-refractivity contribution in [3.05, 3.63) is 35.9 Å². The van der Waals surface area contributed by atoms with Gasteiger partial charge in [-0.25, -0.2) is 0 Å². The Hall–Kier alpha value is -0.960. The zero-order valence-electron chi connectivity index (χ0n) is 10.7. The number of hydrogen-bond acceptors (Lipinski definition) is 3. The van der Waals surface area contributed by atoms with Gasteiger partial charge in [-0.2, -0.15) is 0 Å². The molecule has 1 aliphatic rings. The molecule has 2 nitrogen and oxygen atoms in total. The second kappa shape index (κ2) is 5.58. The van der Waals surface area contributed by atoms with E-state index in [1.54, 1.807) is 0 Å². The molecule has 17 heavy (non-hydrogen) atoms. The van der Waals surface area contributed by atoms with Crippen LogP contribution < -0.4 is 5.32 Å². The Morgan fingerprint density at radius 2 is 1.94 bits per heavy atom. The van der Waals surface area contributed by atoms with Crippen LogP contribution in [0, 0.1) is 5.92 Å². The maximum absolute atomic E-state index is 4.58. The van der Waals surface area contributed by atoms with Gasteiger partial charge in [0.05, 0.1) is 11.8 Å². The lowest BCUT2D eigenvalue weighted by Crippen LogP contribution is -2.33. The Morgan fingerprint density at radius 1 is 1.24 bits per heavy atom. The normalized spacial score (nSPS) is 21.4. The Balaban J connectivity index is 1.91. The predicted octanol–water partition coefficient (Wildman–Crippen LogP) is 3.46. The summed E-state index contributed by atoms with van der Waals surface area (Å²) < 4.78 is 0. The van der Waals surface area contributed by atoms with Crippen molar-refractivity contribution in [2.24, 2.45) is 10.9 Å². The van der Waals surface area contributed by atoms with Crippen molar-refractivity contribution in [2.75, 3.05) is 6.54 Å². The molecule has 0 aromatic heterocycles. The third-order valence-corrected chi connectivity index (χ3v) is 4.35. The fraction of sp³-hybridized carbons (Fsp3) is 0.500. The molecule has 2 rings (SSSR count). The van der Waals surface area contributed by atoms with Crippen LogP contribution in [0.25, 0.3) is 0 Å². The molecule has 0 aliphatic carbocycles. The van der Waals surface area contributed by atoms with Crippen LogP contribution in [0.2, 0.25) is 0 Å². The minimum absolute atomic E-state index is 0.482. The number of nitrogens with zero attached hydrogens (tertiary/aromatic N) is 1. The highest BCUT2D eigenvalue weighted by atomic mass is 32.2. The molecule has 92 valence electrons. The second-order valence-corrected chi connectivity index (χ2v) is 6.03. The van der Waals surface area contributed by atoms with Crippen LogP contribution in [-0.2, 0) is 0 Å². The molecule has 0 amide bonds. The van der Waals surface area contributed by atoms with E-state index in [-0.39, 0.29) is 0 Å². The van der Waals surface area contributed by atoms with Gasteiger partial charge in [0.1, 0.15) is 0 Å². The molecule has 0 saturated carbocycles. The topological polar surface area (TPSA) is 24.4 Å². The largest absolute Gasteiger partial charge is 0.362 e. The first-order valence-electron chi connectivity index (χ1n) is 6.19. The van der Waals surface area contributed by atoms with Gasteiger partial charge in [0.2, 0.25) is 0 Å². The number of amidine groups is 1. The van der Waals surface area contributed by atoms with E-state index in [9.17, 15) is 0 Å². The summed E-state index contributed by atoms with van der Waals surface area (Å²) in [5, 5.41) is 5.07. The zero-order valence-corrected chi connectivity index (χ0v) is 11.5. The summed E-state index contributed by atoms with van der Waals surface area (Å²) >= 11 is 1.85. The SMILES string of the molecule is CC(C)C(C)NC1=NCC(c2ccccc2)S1. The maximum Gasteiger partial charge on any atom is 0.157 e. The molecule has 1 aromatic carbocycles. The first-order chi connectivity index (χ1) is 8.16. The van der Waals surface area contributed by atoms with Crippen molar-refractivity contribution in [1.82, 2.24) is 5.32 Å². The third kappa shape index (κ3) is 3.25. The highest BCUT2D eigenvalue weighted by Gasteiger charge is 2.22. The van der Waals surface area contributed by atoms with E-state index >= 15 is 0 Å². The maximum atomic E-state index is 4.58. The Bertz CT molecular complexity index is 386. The van der Waals surface area contributed by atoms with Crippen molar-refractivity contribution in [3.8, 4) is 0 Å². The molecule has 2 unspecified atom stereocenters. The van der Waals surface area contributed by atoms with Crippen molar-refractivity contribution < 1.29 is 0 Å². The van der Waals surface area contributed by atoms with Gasteiger partial charge in [-0.1, -0.05) is 55.9 Å².